The molecule has 0 spiro atoms. The van der Waals surface area contributed by atoms with Gasteiger partial charge in [-0.3, -0.25) is 4.79 Å². The van der Waals surface area contributed by atoms with Crippen LogP contribution in [0.15, 0.2) is 48.5 Å². The number of hydrogen-bond donors (Lipinski definition) is 1. The van der Waals surface area contributed by atoms with E-state index in [1.807, 2.05) is 11.8 Å². The predicted octanol–water partition coefficient (Wildman–Crippen LogP) is 2.11. The molecule has 0 aromatic heterocycles. The van der Waals surface area contributed by atoms with Gasteiger partial charge >= 0.3 is 0 Å². The number of carbonyl (C=O) groups excluding carboxylic acids is 1. The molecule has 0 bridgehead atoms. The van der Waals surface area contributed by atoms with E-state index in [0.29, 0.717) is 44.1 Å². The normalized spacial score (nSPS) is 15.1. The van der Waals surface area contributed by atoms with E-state index in [4.69, 9.17) is 4.74 Å². The number of piperazine rings is 1. The highest BCUT2D eigenvalue weighted by Gasteiger charge is 2.27. The van der Waals surface area contributed by atoms with Crippen LogP contribution < -0.4 is 15.0 Å². The Bertz CT molecular complexity index is 941. The van der Waals surface area contributed by atoms with Gasteiger partial charge in [0.2, 0.25) is 10.0 Å². The summed E-state index contributed by atoms with van der Waals surface area (Å²) >= 11 is 0. The maximum atomic E-state index is 13.1. The Morgan fingerprint density at radius 3 is 2.27 bits per heavy atom. The van der Waals surface area contributed by atoms with Gasteiger partial charge in [-0.1, -0.05) is 0 Å². The van der Waals surface area contributed by atoms with E-state index in [2.05, 4.69) is 5.32 Å². The van der Waals surface area contributed by atoms with Crippen molar-refractivity contribution < 1.29 is 22.3 Å². The molecule has 1 saturated heterocycles. The summed E-state index contributed by atoms with van der Waals surface area (Å²) in [6.07, 6.45) is 0. The lowest BCUT2D eigenvalue weighted by molar-refractivity contribution is 0.0956. The Labute approximate surface area is 176 Å². The number of amides is 1. The van der Waals surface area contributed by atoms with Crippen LogP contribution in [-0.4, -0.2) is 63.7 Å². The maximum absolute atomic E-state index is 13.1. The van der Waals surface area contributed by atoms with E-state index >= 15 is 0 Å². The van der Waals surface area contributed by atoms with Gasteiger partial charge in [-0.2, -0.15) is 4.31 Å². The molecule has 1 N–H and O–H groups in total. The number of benzene rings is 2. The van der Waals surface area contributed by atoms with Crippen molar-refractivity contribution in [2.75, 3.05) is 50.0 Å². The zero-order valence-electron chi connectivity index (χ0n) is 16.9. The standard InChI is InChI=1S/C21H26FN3O4S/c1-2-29-20-9-3-17(4-10-20)21(26)23-11-16-30(27,28)25-14-12-24(13-15-25)19-7-5-18(22)6-8-19/h3-10H,2,11-16H2,1H3,(H,23,26). The summed E-state index contributed by atoms with van der Waals surface area (Å²) in [5.41, 5.74) is 1.32. The van der Waals surface area contributed by atoms with Crippen molar-refractivity contribution in [1.29, 1.82) is 0 Å². The molecule has 0 radical (unpaired) electrons. The smallest absolute Gasteiger partial charge is 0.251 e. The van der Waals surface area contributed by atoms with Crippen LogP contribution in [0.1, 0.15) is 17.3 Å². The first-order chi connectivity index (χ1) is 14.4. The van der Waals surface area contributed by atoms with Crippen LogP contribution in [0.5, 0.6) is 5.75 Å². The first-order valence-electron chi connectivity index (χ1n) is 9.88. The molecule has 2 aromatic carbocycles. The van der Waals surface area contributed by atoms with E-state index < -0.39 is 10.0 Å². The molecule has 1 aliphatic heterocycles. The summed E-state index contributed by atoms with van der Waals surface area (Å²) in [7, 11) is -3.48. The Balaban J connectivity index is 1.46. The summed E-state index contributed by atoms with van der Waals surface area (Å²) in [6, 6.07) is 12.9. The van der Waals surface area contributed by atoms with Crippen molar-refractivity contribution in [3.63, 3.8) is 0 Å². The molecule has 0 saturated carbocycles. The van der Waals surface area contributed by atoms with Crippen molar-refractivity contribution >= 4 is 21.6 Å². The highest BCUT2D eigenvalue weighted by Crippen LogP contribution is 2.18. The minimum Gasteiger partial charge on any atom is -0.494 e. The third kappa shape index (κ3) is 5.70. The fourth-order valence-corrected chi connectivity index (χ4v) is 4.61. The first-order valence-corrected chi connectivity index (χ1v) is 11.5. The maximum Gasteiger partial charge on any atom is 0.251 e. The van der Waals surface area contributed by atoms with Crippen molar-refractivity contribution in [2.24, 2.45) is 0 Å². The Morgan fingerprint density at radius 2 is 1.67 bits per heavy atom. The molecule has 30 heavy (non-hydrogen) atoms. The zero-order chi connectivity index (χ0) is 21.6. The number of sulfonamides is 1. The second kappa shape index (κ2) is 9.90. The number of halogens is 1. The minimum atomic E-state index is -3.48. The topological polar surface area (TPSA) is 78.9 Å². The van der Waals surface area contributed by atoms with Crippen molar-refractivity contribution in [3.05, 3.63) is 59.9 Å². The van der Waals surface area contributed by atoms with Gasteiger partial charge in [-0.05, 0) is 55.5 Å². The third-order valence-corrected chi connectivity index (χ3v) is 6.77. The summed E-state index contributed by atoms with van der Waals surface area (Å²) in [5, 5.41) is 2.65. The van der Waals surface area contributed by atoms with E-state index in [0.717, 1.165) is 5.69 Å². The second-order valence-electron chi connectivity index (χ2n) is 6.89. The molecule has 1 amide bonds. The SMILES string of the molecule is CCOc1ccc(C(=O)NCCS(=O)(=O)N2CCN(c3ccc(F)cc3)CC2)cc1. The average molecular weight is 436 g/mol. The molecule has 0 aliphatic carbocycles. The van der Waals surface area contributed by atoms with Gasteiger partial charge in [0.05, 0.1) is 12.4 Å². The van der Waals surface area contributed by atoms with E-state index in [9.17, 15) is 17.6 Å². The van der Waals surface area contributed by atoms with Crippen LogP contribution >= 0.6 is 0 Å². The van der Waals surface area contributed by atoms with Crippen molar-refractivity contribution in [3.8, 4) is 5.75 Å². The summed E-state index contributed by atoms with van der Waals surface area (Å²) < 4.78 is 45.0. The van der Waals surface area contributed by atoms with Crippen LogP contribution in [0.2, 0.25) is 0 Å². The van der Waals surface area contributed by atoms with E-state index in [1.54, 1.807) is 36.4 Å². The number of ether oxygens (including phenoxy) is 1. The van der Waals surface area contributed by atoms with E-state index in [-0.39, 0.29) is 24.0 Å². The Kier molecular flexibility index (Phi) is 7.28. The Hall–Kier alpha value is -2.65. The molecular formula is C21H26FN3O4S. The van der Waals surface area contributed by atoms with Crippen LogP contribution in [0.4, 0.5) is 10.1 Å². The molecular weight excluding hydrogens is 409 g/mol. The molecule has 1 aliphatic rings. The number of rotatable bonds is 8. The Morgan fingerprint density at radius 1 is 1.03 bits per heavy atom. The summed E-state index contributed by atoms with van der Waals surface area (Å²) in [5.74, 6) is -0.107. The molecule has 1 heterocycles. The number of anilines is 1. The first kappa shape index (κ1) is 22.0. The van der Waals surface area contributed by atoms with Crippen LogP contribution in [0.25, 0.3) is 0 Å². The second-order valence-corrected chi connectivity index (χ2v) is 8.98. The molecule has 7 nitrogen and oxygen atoms in total. The lowest BCUT2D eigenvalue weighted by atomic mass is 10.2. The van der Waals surface area contributed by atoms with Crippen molar-refractivity contribution in [2.45, 2.75) is 6.92 Å². The highest BCUT2D eigenvalue weighted by atomic mass is 32.2. The molecule has 0 unspecified atom stereocenters. The van der Waals surface area contributed by atoms with E-state index in [1.165, 1.54) is 16.4 Å². The number of nitrogens with one attached hydrogen (secondary N) is 1. The van der Waals surface area contributed by atoms with Gasteiger partial charge in [-0.15, -0.1) is 0 Å². The fourth-order valence-electron chi connectivity index (χ4n) is 3.27. The van der Waals surface area contributed by atoms with Gasteiger partial charge in [0, 0.05) is 44.0 Å². The molecule has 1 fully saturated rings. The van der Waals surface area contributed by atoms with Gasteiger partial charge in [0.15, 0.2) is 0 Å². The summed E-state index contributed by atoms with van der Waals surface area (Å²) in [6.45, 7) is 4.23. The zero-order valence-corrected chi connectivity index (χ0v) is 17.7. The fraction of sp³-hybridized carbons (Fsp3) is 0.381. The molecule has 2 aromatic rings. The predicted molar refractivity (Wildman–Crippen MR) is 114 cm³/mol. The van der Waals surface area contributed by atoms with Crippen LogP contribution in [0.3, 0.4) is 0 Å². The van der Waals surface area contributed by atoms with Gasteiger partial charge in [0.1, 0.15) is 11.6 Å². The quantitative estimate of drug-likeness (QED) is 0.687. The van der Waals surface area contributed by atoms with Crippen LogP contribution in [0, 0.1) is 5.82 Å². The molecule has 9 heteroatoms. The molecule has 162 valence electrons. The van der Waals surface area contributed by atoms with Gasteiger partial charge < -0.3 is 15.0 Å². The summed E-state index contributed by atoms with van der Waals surface area (Å²) in [4.78, 5) is 14.2. The largest absolute Gasteiger partial charge is 0.494 e. The number of carbonyl (C=O) groups is 1. The highest BCUT2D eigenvalue weighted by molar-refractivity contribution is 7.89. The number of hydrogen-bond acceptors (Lipinski definition) is 5. The third-order valence-electron chi connectivity index (χ3n) is 4.90. The van der Waals surface area contributed by atoms with Crippen molar-refractivity contribution in [1.82, 2.24) is 9.62 Å². The molecule has 3 rings (SSSR count). The van der Waals surface area contributed by atoms with Crippen LogP contribution in [-0.2, 0) is 10.0 Å². The monoisotopic (exact) mass is 435 g/mol. The average Bonchev–Trinajstić information content (AvgIpc) is 2.75. The lowest BCUT2D eigenvalue weighted by Crippen LogP contribution is -2.50. The molecule has 0 atom stereocenters. The van der Waals surface area contributed by atoms with Gasteiger partial charge in [0.25, 0.3) is 5.91 Å². The lowest BCUT2D eigenvalue weighted by Gasteiger charge is -2.35. The minimum absolute atomic E-state index is 0.0343. The number of nitrogens with zero attached hydrogens (tertiary/aromatic N) is 2. The van der Waals surface area contributed by atoms with Gasteiger partial charge in [-0.25, -0.2) is 12.8 Å².